The molecule has 0 aromatic heterocycles. The number of hydrogen-bond acceptors (Lipinski definition) is 3. The van der Waals surface area contributed by atoms with Crippen molar-refractivity contribution in [3.05, 3.63) is 69.4 Å². The Bertz CT molecular complexity index is 753. The van der Waals surface area contributed by atoms with Crippen molar-refractivity contribution in [2.45, 2.75) is 0 Å². The zero-order valence-corrected chi connectivity index (χ0v) is 12.3. The summed E-state index contributed by atoms with van der Waals surface area (Å²) >= 11 is 3.34. The lowest BCUT2D eigenvalue weighted by molar-refractivity contribution is 0.0951. The highest BCUT2D eigenvalue weighted by Gasteiger charge is 2.11. The zero-order chi connectivity index (χ0) is 15.2. The molecule has 4 nitrogen and oxygen atoms in total. The summed E-state index contributed by atoms with van der Waals surface area (Å²) in [7, 11) is 0. The standard InChI is InChI=1S/C15H9BrFN3O/c16-13-4-2-1-3-11(13)9-19-20-15(21)12-6-5-10(8-18)7-14(12)17/h1-7,9H,(H,20,21)/b19-9-. The van der Waals surface area contributed by atoms with Crippen LogP contribution >= 0.6 is 15.9 Å². The van der Waals surface area contributed by atoms with Crippen LogP contribution in [0, 0.1) is 17.1 Å². The molecule has 1 amide bonds. The second kappa shape index (κ2) is 6.77. The fourth-order valence-electron chi connectivity index (χ4n) is 1.57. The molecule has 0 fully saturated rings. The van der Waals surface area contributed by atoms with Crippen LogP contribution in [0.15, 0.2) is 52.0 Å². The van der Waals surface area contributed by atoms with Gasteiger partial charge in [0.15, 0.2) is 0 Å². The summed E-state index contributed by atoms with van der Waals surface area (Å²) in [6.07, 6.45) is 1.45. The lowest BCUT2D eigenvalue weighted by atomic mass is 10.1. The van der Waals surface area contributed by atoms with Gasteiger partial charge in [0.05, 0.1) is 23.4 Å². The van der Waals surface area contributed by atoms with E-state index in [0.717, 1.165) is 16.1 Å². The van der Waals surface area contributed by atoms with Crippen molar-refractivity contribution in [3.8, 4) is 6.07 Å². The molecule has 0 spiro atoms. The number of rotatable bonds is 3. The quantitative estimate of drug-likeness (QED) is 0.685. The topological polar surface area (TPSA) is 65.2 Å². The van der Waals surface area contributed by atoms with Crippen LogP contribution in [0.1, 0.15) is 21.5 Å². The number of hydrogen-bond donors (Lipinski definition) is 1. The molecule has 0 bridgehead atoms. The Kier molecular flexibility index (Phi) is 4.80. The van der Waals surface area contributed by atoms with Crippen LogP contribution in [0.5, 0.6) is 0 Å². The van der Waals surface area contributed by atoms with E-state index in [2.05, 4.69) is 26.5 Å². The van der Waals surface area contributed by atoms with E-state index in [1.54, 1.807) is 6.07 Å². The summed E-state index contributed by atoms with van der Waals surface area (Å²) in [4.78, 5) is 11.8. The number of hydrazone groups is 1. The number of nitrogens with one attached hydrogen (secondary N) is 1. The zero-order valence-electron chi connectivity index (χ0n) is 10.7. The van der Waals surface area contributed by atoms with Crippen molar-refractivity contribution in [1.29, 1.82) is 5.26 Å². The minimum Gasteiger partial charge on any atom is -0.267 e. The van der Waals surface area contributed by atoms with E-state index in [4.69, 9.17) is 5.26 Å². The number of nitrogens with zero attached hydrogens (tertiary/aromatic N) is 2. The Morgan fingerprint density at radius 3 is 2.76 bits per heavy atom. The third kappa shape index (κ3) is 3.74. The molecule has 6 heteroatoms. The molecular formula is C15H9BrFN3O. The van der Waals surface area contributed by atoms with Crippen LogP contribution in [0.4, 0.5) is 4.39 Å². The third-order valence-corrected chi connectivity index (χ3v) is 3.34. The molecule has 2 aromatic carbocycles. The summed E-state index contributed by atoms with van der Waals surface area (Å²) in [6, 6.07) is 12.7. The van der Waals surface area contributed by atoms with Gasteiger partial charge in [-0.25, -0.2) is 9.82 Å². The average molecular weight is 346 g/mol. The summed E-state index contributed by atoms with van der Waals surface area (Å²) in [6.45, 7) is 0. The highest BCUT2D eigenvalue weighted by atomic mass is 79.9. The SMILES string of the molecule is N#Cc1ccc(C(=O)N/N=C\c2ccccc2Br)c(F)c1. The molecule has 0 saturated heterocycles. The molecule has 21 heavy (non-hydrogen) atoms. The predicted octanol–water partition coefficient (Wildman–Crippen LogP) is 3.22. The molecule has 0 atom stereocenters. The lowest BCUT2D eigenvalue weighted by Crippen LogP contribution is -2.19. The van der Waals surface area contributed by atoms with Crippen LogP contribution in [0.2, 0.25) is 0 Å². The second-order valence-electron chi connectivity index (χ2n) is 4.03. The van der Waals surface area contributed by atoms with Gasteiger partial charge in [-0.3, -0.25) is 4.79 Å². The van der Waals surface area contributed by atoms with Crippen LogP contribution in [0.3, 0.4) is 0 Å². The number of amides is 1. The molecule has 0 saturated carbocycles. The van der Waals surface area contributed by atoms with Crippen molar-refractivity contribution in [3.63, 3.8) is 0 Å². The maximum absolute atomic E-state index is 13.6. The van der Waals surface area contributed by atoms with Crippen molar-refractivity contribution < 1.29 is 9.18 Å². The van der Waals surface area contributed by atoms with E-state index in [1.807, 2.05) is 24.3 Å². The van der Waals surface area contributed by atoms with Crippen molar-refractivity contribution in [2.24, 2.45) is 5.10 Å². The molecule has 2 rings (SSSR count). The maximum atomic E-state index is 13.6. The highest BCUT2D eigenvalue weighted by Crippen LogP contribution is 2.13. The maximum Gasteiger partial charge on any atom is 0.274 e. The van der Waals surface area contributed by atoms with Crippen LogP contribution in [-0.2, 0) is 0 Å². The average Bonchev–Trinajstić information content (AvgIpc) is 2.48. The molecule has 0 heterocycles. The van der Waals surface area contributed by atoms with E-state index in [-0.39, 0.29) is 11.1 Å². The van der Waals surface area contributed by atoms with Gasteiger partial charge >= 0.3 is 0 Å². The van der Waals surface area contributed by atoms with Crippen molar-refractivity contribution in [1.82, 2.24) is 5.43 Å². The Labute approximate surface area is 129 Å². The van der Waals surface area contributed by atoms with E-state index in [1.165, 1.54) is 18.3 Å². The Balaban J connectivity index is 2.09. The first-order valence-corrected chi connectivity index (χ1v) is 6.68. The van der Waals surface area contributed by atoms with Crippen LogP contribution < -0.4 is 5.43 Å². The van der Waals surface area contributed by atoms with Gasteiger partial charge in [0, 0.05) is 10.0 Å². The van der Waals surface area contributed by atoms with E-state index in [0.29, 0.717) is 0 Å². The Morgan fingerprint density at radius 1 is 1.33 bits per heavy atom. The van der Waals surface area contributed by atoms with E-state index >= 15 is 0 Å². The van der Waals surface area contributed by atoms with Gasteiger partial charge in [0.1, 0.15) is 5.82 Å². The minimum atomic E-state index is -0.761. The summed E-state index contributed by atoms with van der Waals surface area (Å²) < 4.78 is 14.5. The molecule has 0 aliphatic carbocycles. The summed E-state index contributed by atoms with van der Waals surface area (Å²) in [5, 5.41) is 12.4. The normalized spacial score (nSPS) is 10.3. The predicted molar refractivity (Wildman–Crippen MR) is 80.3 cm³/mol. The summed E-state index contributed by atoms with van der Waals surface area (Å²) in [5.74, 6) is -1.44. The van der Waals surface area contributed by atoms with Gasteiger partial charge in [0.2, 0.25) is 0 Å². The molecule has 0 radical (unpaired) electrons. The first-order chi connectivity index (χ1) is 10.1. The highest BCUT2D eigenvalue weighted by molar-refractivity contribution is 9.10. The van der Waals surface area contributed by atoms with Crippen LogP contribution in [-0.4, -0.2) is 12.1 Å². The van der Waals surface area contributed by atoms with Gasteiger partial charge in [0.25, 0.3) is 5.91 Å². The molecule has 0 aliphatic rings. The molecule has 2 aromatic rings. The van der Waals surface area contributed by atoms with Gasteiger partial charge in [-0.2, -0.15) is 10.4 Å². The molecule has 0 unspecified atom stereocenters. The fraction of sp³-hybridized carbons (Fsp3) is 0. The smallest absolute Gasteiger partial charge is 0.267 e. The molecular weight excluding hydrogens is 337 g/mol. The summed E-state index contributed by atoms with van der Waals surface area (Å²) in [5.41, 5.74) is 3.00. The lowest BCUT2D eigenvalue weighted by Gasteiger charge is -2.02. The van der Waals surface area contributed by atoms with Crippen LogP contribution in [0.25, 0.3) is 0 Å². The van der Waals surface area contributed by atoms with E-state index < -0.39 is 11.7 Å². The van der Waals surface area contributed by atoms with Gasteiger partial charge in [-0.15, -0.1) is 0 Å². The Morgan fingerprint density at radius 2 is 2.10 bits per heavy atom. The monoisotopic (exact) mass is 345 g/mol. The second-order valence-corrected chi connectivity index (χ2v) is 4.88. The number of carbonyl (C=O) groups excluding carboxylic acids is 1. The Hall–Kier alpha value is -2.52. The first kappa shape index (κ1) is 14.9. The van der Waals surface area contributed by atoms with Crippen molar-refractivity contribution >= 4 is 28.1 Å². The van der Waals surface area contributed by atoms with E-state index in [9.17, 15) is 9.18 Å². The van der Waals surface area contributed by atoms with Gasteiger partial charge < -0.3 is 0 Å². The van der Waals surface area contributed by atoms with Gasteiger partial charge in [-0.05, 0) is 24.3 Å². The molecule has 104 valence electrons. The molecule has 0 aliphatic heterocycles. The fourth-order valence-corrected chi connectivity index (χ4v) is 1.96. The number of carbonyl (C=O) groups is 1. The first-order valence-electron chi connectivity index (χ1n) is 5.89. The largest absolute Gasteiger partial charge is 0.274 e. The third-order valence-electron chi connectivity index (χ3n) is 2.62. The number of halogens is 2. The van der Waals surface area contributed by atoms with Crippen molar-refractivity contribution in [2.75, 3.05) is 0 Å². The molecule has 1 N–H and O–H groups in total. The minimum absolute atomic E-state index is 0.153. The van der Waals surface area contributed by atoms with Gasteiger partial charge in [-0.1, -0.05) is 34.1 Å². The number of benzene rings is 2. The number of nitriles is 1.